The van der Waals surface area contributed by atoms with Gasteiger partial charge in [-0.1, -0.05) is 51.1 Å². The summed E-state index contributed by atoms with van der Waals surface area (Å²) in [5.41, 5.74) is 1.42. The van der Waals surface area contributed by atoms with Crippen molar-refractivity contribution in [2.75, 3.05) is 7.05 Å². The molecule has 1 heterocycles. The topological polar surface area (TPSA) is 12.5 Å². The van der Waals surface area contributed by atoms with Crippen LogP contribution in [0, 0.1) is 5.41 Å². The SMILES string of the molecule is C[C@H]1[C@@H](c2ccccc2)O[C@@H](C(C)(C)C)N1C. The van der Waals surface area contributed by atoms with Crippen LogP contribution >= 0.6 is 0 Å². The Balaban J connectivity index is 2.23. The highest BCUT2D eigenvalue weighted by atomic mass is 16.5. The normalized spacial score (nSPS) is 30.8. The zero-order valence-corrected chi connectivity index (χ0v) is 11.5. The highest BCUT2D eigenvalue weighted by Gasteiger charge is 2.43. The third-order valence-corrected chi connectivity index (χ3v) is 3.59. The maximum absolute atomic E-state index is 6.26. The largest absolute Gasteiger partial charge is 0.353 e. The van der Waals surface area contributed by atoms with Gasteiger partial charge in [-0.05, 0) is 19.5 Å². The lowest BCUT2D eigenvalue weighted by Gasteiger charge is -2.32. The molecule has 0 bridgehead atoms. The molecule has 0 N–H and O–H groups in total. The standard InChI is InChI=1S/C15H23NO/c1-11-13(12-9-7-6-8-10-12)17-14(16(11)5)15(2,3)4/h6-11,13-14H,1-5H3/t11-,13-,14-/m0/s1. The summed E-state index contributed by atoms with van der Waals surface area (Å²) in [5.74, 6) is 0. The molecule has 0 amide bonds. The van der Waals surface area contributed by atoms with Crippen LogP contribution in [0.25, 0.3) is 0 Å². The lowest BCUT2D eigenvalue weighted by Crippen LogP contribution is -2.40. The summed E-state index contributed by atoms with van der Waals surface area (Å²) in [6, 6.07) is 10.9. The van der Waals surface area contributed by atoms with Crippen LogP contribution in [0.4, 0.5) is 0 Å². The quantitative estimate of drug-likeness (QED) is 0.736. The third-order valence-electron chi connectivity index (χ3n) is 3.59. The zero-order chi connectivity index (χ0) is 12.6. The predicted molar refractivity (Wildman–Crippen MR) is 70.7 cm³/mol. The second-order valence-electron chi connectivity index (χ2n) is 6.09. The Labute approximate surface area is 105 Å². The summed E-state index contributed by atoms with van der Waals surface area (Å²) in [7, 11) is 2.16. The highest BCUT2D eigenvalue weighted by Crippen LogP contribution is 2.40. The van der Waals surface area contributed by atoms with E-state index in [0.717, 1.165) is 0 Å². The molecule has 1 aromatic rings. The van der Waals surface area contributed by atoms with Gasteiger partial charge in [-0.15, -0.1) is 0 Å². The van der Waals surface area contributed by atoms with Gasteiger partial charge < -0.3 is 4.74 Å². The molecule has 3 atom stereocenters. The van der Waals surface area contributed by atoms with Gasteiger partial charge in [0.2, 0.25) is 0 Å². The van der Waals surface area contributed by atoms with Gasteiger partial charge in [0.1, 0.15) is 6.23 Å². The molecule has 94 valence electrons. The molecule has 1 aliphatic rings. The summed E-state index contributed by atoms with van der Waals surface area (Å²) in [6.07, 6.45) is 0.369. The van der Waals surface area contributed by atoms with Crippen molar-refractivity contribution in [3.8, 4) is 0 Å². The van der Waals surface area contributed by atoms with Crippen LogP contribution < -0.4 is 0 Å². The van der Waals surface area contributed by atoms with E-state index in [-0.39, 0.29) is 17.7 Å². The van der Waals surface area contributed by atoms with E-state index >= 15 is 0 Å². The van der Waals surface area contributed by atoms with Crippen LogP contribution in [0.3, 0.4) is 0 Å². The van der Waals surface area contributed by atoms with Crippen molar-refractivity contribution in [2.24, 2.45) is 5.41 Å². The molecule has 1 fully saturated rings. The molecule has 2 rings (SSSR count). The minimum Gasteiger partial charge on any atom is -0.353 e. The Hall–Kier alpha value is -0.860. The maximum atomic E-state index is 6.26. The number of hydrogen-bond donors (Lipinski definition) is 0. The second-order valence-corrected chi connectivity index (χ2v) is 6.09. The molecule has 2 nitrogen and oxygen atoms in total. The monoisotopic (exact) mass is 233 g/mol. The Morgan fingerprint density at radius 1 is 1.12 bits per heavy atom. The van der Waals surface area contributed by atoms with Gasteiger partial charge in [-0.25, -0.2) is 0 Å². The van der Waals surface area contributed by atoms with Gasteiger partial charge in [0, 0.05) is 11.5 Å². The zero-order valence-electron chi connectivity index (χ0n) is 11.5. The molecule has 0 aliphatic carbocycles. The Bertz CT molecular complexity index is 368. The second kappa shape index (κ2) is 4.43. The molecule has 17 heavy (non-hydrogen) atoms. The molecular weight excluding hydrogens is 210 g/mol. The molecular formula is C15H23NO. The number of likely N-dealkylation sites (N-methyl/N-ethyl adjacent to an activating group) is 1. The fourth-order valence-corrected chi connectivity index (χ4v) is 2.59. The average molecular weight is 233 g/mol. The first-order valence-electron chi connectivity index (χ1n) is 6.33. The summed E-state index contributed by atoms with van der Waals surface area (Å²) < 4.78 is 6.26. The molecule has 2 heteroatoms. The van der Waals surface area contributed by atoms with Crippen molar-refractivity contribution in [1.29, 1.82) is 0 Å². The molecule has 0 saturated carbocycles. The number of benzene rings is 1. The van der Waals surface area contributed by atoms with Crippen LogP contribution in [0.15, 0.2) is 30.3 Å². The number of hydrogen-bond acceptors (Lipinski definition) is 2. The van der Waals surface area contributed by atoms with Crippen LogP contribution in [0.1, 0.15) is 39.4 Å². The smallest absolute Gasteiger partial charge is 0.116 e. The van der Waals surface area contributed by atoms with Crippen LogP contribution in [-0.4, -0.2) is 24.2 Å². The van der Waals surface area contributed by atoms with E-state index in [1.807, 2.05) is 6.07 Å². The van der Waals surface area contributed by atoms with Crippen LogP contribution in [0.5, 0.6) is 0 Å². The van der Waals surface area contributed by atoms with Gasteiger partial charge in [0.15, 0.2) is 0 Å². The van der Waals surface area contributed by atoms with Crippen molar-refractivity contribution < 1.29 is 4.74 Å². The van der Waals surface area contributed by atoms with E-state index < -0.39 is 0 Å². The van der Waals surface area contributed by atoms with Gasteiger partial charge in [0.25, 0.3) is 0 Å². The molecule has 1 aliphatic heterocycles. The molecule has 0 unspecified atom stereocenters. The Morgan fingerprint density at radius 3 is 2.18 bits per heavy atom. The third kappa shape index (κ3) is 2.38. The lowest BCUT2D eigenvalue weighted by molar-refractivity contribution is -0.0621. The fourth-order valence-electron chi connectivity index (χ4n) is 2.59. The average Bonchev–Trinajstić information content (AvgIpc) is 2.57. The van der Waals surface area contributed by atoms with E-state index in [9.17, 15) is 0 Å². The van der Waals surface area contributed by atoms with E-state index in [2.05, 4.69) is 63.9 Å². The van der Waals surface area contributed by atoms with Crippen molar-refractivity contribution in [3.05, 3.63) is 35.9 Å². The Morgan fingerprint density at radius 2 is 1.71 bits per heavy atom. The van der Waals surface area contributed by atoms with E-state index in [1.165, 1.54) is 5.56 Å². The number of nitrogens with zero attached hydrogens (tertiary/aromatic N) is 1. The van der Waals surface area contributed by atoms with E-state index in [0.29, 0.717) is 6.04 Å². The van der Waals surface area contributed by atoms with Crippen LogP contribution in [-0.2, 0) is 4.74 Å². The molecule has 0 spiro atoms. The van der Waals surface area contributed by atoms with Crippen molar-refractivity contribution >= 4 is 0 Å². The first-order valence-corrected chi connectivity index (χ1v) is 6.33. The molecule has 0 aromatic heterocycles. The fraction of sp³-hybridized carbons (Fsp3) is 0.600. The van der Waals surface area contributed by atoms with Crippen molar-refractivity contribution in [2.45, 2.75) is 46.1 Å². The minimum atomic E-state index is 0.145. The molecule has 0 radical (unpaired) electrons. The lowest BCUT2D eigenvalue weighted by atomic mass is 9.93. The van der Waals surface area contributed by atoms with Gasteiger partial charge in [-0.2, -0.15) is 0 Å². The van der Waals surface area contributed by atoms with E-state index in [1.54, 1.807) is 0 Å². The van der Waals surface area contributed by atoms with E-state index in [4.69, 9.17) is 4.74 Å². The summed E-state index contributed by atoms with van der Waals surface area (Å²) >= 11 is 0. The highest BCUT2D eigenvalue weighted by molar-refractivity contribution is 5.20. The van der Waals surface area contributed by atoms with Crippen molar-refractivity contribution in [3.63, 3.8) is 0 Å². The predicted octanol–water partition coefficient (Wildman–Crippen LogP) is 3.45. The first kappa shape index (κ1) is 12.6. The summed E-state index contributed by atoms with van der Waals surface area (Å²) in [6.45, 7) is 8.93. The summed E-state index contributed by atoms with van der Waals surface area (Å²) in [4.78, 5) is 2.34. The first-order chi connectivity index (χ1) is 7.91. The molecule has 1 saturated heterocycles. The Kier molecular flexibility index (Phi) is 3.28. The van der Waals surface area contributed by atoms with Crippen molar-refractivity contribution in [1.82, 2.24) is 4.90 Å². The van der Waals surface area contributed by atoms with Gasteiger partial charge >= 0.3 is 0 Å². The minimum absolute atomic E-state index is 0.145. The number of ether oxygens (including phenoxy) is 1. The van der Waals surface area contributed by atoms with Gasteiger partial charge in [-0.3, -0.25) is 4.90 Å². The number of rotatable bonds is 1. The maximum Gasteiger partial charge on any atom is 0.116 e. The molecule has 1 aromatic carbocycles. The van der Waals surface area contributed by atoms with Crippen LogP contribution in [0.2, 0.25) is 0 Å². The summed E-state index contributed by atoms with van der Waals surface area (Å²) in [5, 5.41) is 0. The van der Waals surface area contributed by atoms with Gasteiger partial charge in [0.05, 0.1) is 6.10 Å².